The van der Waals surface area contributed by atoms with Crippen LogP contribution in [0, 0.1) is 6.92 Å². The van der Waals surface area contributed by atoms with E-state index in [1.807, 2.05) is 6.92 Å². The van der Waals surface area contributed by atoms with Crippen molar-refractivity contribution in [2.45, 2.75) is 13.8 Å². The lowest BCUT2D eigenvalue weighted by molar-refractivity contribution is -0.119. The summed E-state index contributed by atoms with van der Waals surface area (Å²) in [5.74, 6) is -0.794. The van der Waals surface area contributed by atoms with Crippen molar-refractivity contribution in [3.05, 3.63) is 57.6 Å². The number of carbonyl (C=O) groups excluding carboxylic acids is 2. The summed E-state index contributed by atoms with van der Waals surface area (Å²) in [6.45, 7) is 3.54. The van der Waals surface area contributed by atoms with Crippen molar-refractivity contribution >= 4 is 40.8 Å². The molecule has 1 amide bonds. The molecule has 0 saturated carbocycles. The van der Waals surface area contributed by atoms with Gasteiger partial charge in [-0.3, -0.25) is 4.79 Å². The predicted octanol–water partition coefficient (Wildman–Crippen LogP) is 4.50. The van der Waals surface area contributed by atoms with Gasteiger partial charge in [0.15, 0.2) is 6.61 Å². The lowest BCUT2D eigenvalue weighted by Gasteiger charge is -2.12. The van der Waals surface area contributed by atoms with Gasteiger partial charge in [-0.15, -0.1) is 0 Å². The molecule has 2 aromatic carbocycles. The highest BCUT2D eigenvalue weighted by atomic mass is 35.5. The Labute approximate surface area is 155 Å². The van der Waals surface area contributed by atoms with E-state index < -0.39 is 18.5 Å². The number of halogens is 2. The van der Waals surface area contributed by atoms with Gasteiger partial charge in [-0.1, -0.05) is 41.4 Å². The van der Waals surface area contributed by atoms with Crippen LogP contribution in [0.3, 0.4) is 0 Å². The number of rotatable bonds is 6. The molecule has 0 aliphatic rings. The van der Waals surface area contributed by atoms with E-state index in [1.165, 1.54) is 0 Å². The number of hydrogen-bond acceptors (Lipinski definition) is 4. The molecule has 0 bridgehead atoms. The number of amides is 1. The quantitative estimate of drug-likeness (QED) is 0.748. The molecule has 5 nitrogen and oxygen atoms in total. The van der Waals surface area contributed by atoms with Crippen molar-refractivity contribution in [1.29, 1.82) is 0 Å². The lowest BCUT2D eigenvalue weighted by Crippen LogP contribution is -2.21. The number of carbonyl (C=O) groups is 2. The van der Waals surface area contributed by atoms with Crippen LogP contribution in [-0.4, -0.2) is 25.1 Å². The number of esters is 1. The lowest BCUT2D eigenvalue weighted by atomic mass is 10.2. The smallest absolute Gasteiger partial charge is 0.342 e. The average Bonchev–Trinajstić information content (AvgIpc) is 2.61. The van der Waals surface area contributed by atoms with Crippen molar-refractivity contribution in [1.82, 2.24) is 0 Å². The Hall–Kier alpha value is -2.24. The Morgan fingerprint density at radius 1 is 1.12 bits per heavy atom. The molecule has 0 spiro atoms. The Morgan fingerprint density at radius 3 is 2.56 bits per heavy atom. The molecule has 0 fully saturated rings. The largest absolute Gasteiger partial charge is 0.493 e. The van der Waals surface area contributed by atoms with E-state index in [0.29, 0.717) is 28.1 Å². The molecule has 0 saturated heterocycles. The van der Waals surface area contributed by atoms with Crippen LogP contribution in [0.1, 0.15) is 22.8 Å². The van der Waals surface area contributed by atoms with Crippen molar-refractivity contribution < 1.29 is 19.1 Å². The maximum Gasteiger partial charge on any atom is 0.342 e. The number of aryl methyl sites for hydroxylation is 1. The van der Waals surface area contributed by atoms with E-state index in [0.717, 1.165) is 5.56 Å². The van der Waals surface area contributed by atoms with Gasteiger partial charge in [0, 0.05) is 0 Å². The average molecular weight is 382 g/mol. The Morgan fingerprint density at radius 2 is 1.84 bits per heavy atom. The second-order valence-corrected chi connectivity index (χ2v) is 5.89. The molecule has 1 N–H and O–H groups in total. The van der Waals surface area contributed by atoms with E-state index >= 15 is 0 Å². The normalized spacial score (nSPS) is 10.2. The SMILES string of the molecule is CCOc1ccccc1C(=O)OCC(=O)Nc1c(Cl)ccc(C)c1Cl. The van der Waals surface area contributed by atoms with Crippen molar-refractivity contribution in [3.8, 4) is 5.75 Å². The number of benzene rings is 2. The van der Waals surface area contributed by atoms with E-state index in [2.05, 4.69) is 5.32 Å². The maximum absolute atomic E-state index is 12.2. The minimum absolute atomic E-state index is 0.253. The van der Waals surface area contributed by atoms with Gasteiger partial charge < -0.3 is 14.8 Å². The third kappa shape index (κ3) is 4.87. The van der Waals surface area contributed by atoms with Gasteiger partial charge in [0.25, 0.3) is 5.91 Å². The monoisotopic (exact) mass is 381 g/mol. The van der Waals surface area contributed by atoms with Crippen LogP contribution >= 0.6 is 23.2 Å². The molecule has 132 valence electrons. The second-order valence-electron chi connectivity index (χ2n) is 5.11. The summed E-state index contributed by atoms with van der Waals surface area (Å²) < 4.78 is 10.4. The Kier molecular flexibility index (Phi) is 6.67. The van der Waals surface area contributed by atoms with Gasteiger partial charge in [-0.25, -0.2) is 4.79 Å². The molecule has 0 aliphatic heterocycles. The van der Waals surface area contributed by atoms with Crippen LogP contribution in [-0.2, 0) is 9.53 Å². The number of hydrogen-bond donors (Lipinski definition) is 1. The molecular weight excluding hydrogens is 365 g/mol. The highest BCUT2D eigenvalue weighted by molar-refractivity contribution is 6.40. The van der Waals surface area contributed by atoms with Crippen molar-refractivity contribution in [2.24, 2.45) is 0 Å². The summed E-state index contributed by atoms with van der Waals surface area (Å²) >= 11 is 12.2. The summed E-state index contributed by atoms with van der Waals surface area (Å²) in [6, 6.07) is 10.0. The molecule has 7 heteroatoms. The molecule has 0 aliphatic carbocycles. The van der Waals surface area contributed by atoms with Crippen LogP contribution in [0.5, 0.6) is 5.75 Å². The van der Waals surface area contributed by atoms with E-state index in [1.54, 1.807) is 43.3 Å². The van der Waals surface area contributed by atoms with Gasteiger partial charge in [0.1, 0.15) is 11.3 Å². The third-order valence-electron chi connectivity index (χ3n) is 3.29. The fourth-order valence-electron chi connectivity index (χ4n) is 2.07. The minimum Gasteiger partial charge on any atom is -0.493 e. The number of nitrogens with one attached hydrogen (secondary N) is 1. The Balaban J connectivity index is 2.01. The van der Waals surface area contributed by atoms with Crippen LogP contribution in [0.25, 0.3) is 0 Å². The first-order valence-electron chi connectivity index (χ1n) is 7.57. The fourth-order valence-corrected chi connectivity index (χ4v) is 2.54. The van der Waals surface area contributed by atoms with E-state index in [-0.39, 0.29) is 5.56 Å². The minimum atomic E-state index is -0.652. The first-order chi connectivity index (χ1) is 11.9. The molecule has 0 unspecified atom stereocenters. The first-order valence-corrected chi connectivity index (χ1v) is 8.33. The molecule has 0 radical (unpaired) electrons. The summed E-state index contributed by atoms with van der Waals surface area (Å²) in [6.07, 6.45) is 0. The van der Waals surface area contributed by atoms with Crippen LogP contribution in [0.4, 0.5) is 5.69 Å². The number of para-hydroxylation sites is 1. The molecule has 0 atom stereocenters. The van der Waals surface area contributed by atoms with Gasteiger partial charge in [-0.05, 0) is 37.6 Å². The van der Waals surface area contributed by atoms with Crippen LogP contribution in [0.2, 0.25) is 10.0 Å². The zero-order valence-electron chi connectivity index (χ0n) is 13.8. The van der Waals surface area contributed by atoms with Gasteiger partial charge in [0.2, 0.25) is 0 Å². The summed E-state index contributed by atoms with van der Waals surface area (Å²) in [5, 5.41) is 3.20. The third-order valence-corrected chi connectivity index (χ3v) is 4.09. The molecule has 25 heavy (non-hydrogen) atoms. The maximum atomic E-state index is 12.2. The van der Waals surface area contributed by atoms with Crippen molar-refractivity contribution in [2.75, 3.05) is 18.5 Å². The summed E-state index contributed by atoms with van der Waals surface area (Å²) in [4.78, 5) is 24.2. The zero-order chi connectivity index (χ0) is 18.4. The highest BCUT2D eigenvalue weighted by Crippen LogP contribution is 2.32. The summed E-state index contributed by atoms with van der Waals surface area (Å²) in [5.41, 5.74) is 1.31. The zero-order valence-corrected chi connectivity index (χ0v) is 15.3. The number of anilines is 1. The molecule has 0 aromatic heterocycles. The molecular formula is C18H17Cl2NO4. The topological polar surface area (TPSA) is 64.6 Å². The fraction of sp³-hybridized carbons (Fsp3) is 0.222. The van der Waals surface area contributed by atoms with Crippen molar-refractivity contribution in [3.63, 3.8) is 0 Å². The molecule has 0 heterocycles. The Bertz CT molecular complexity index is 793. The van der Waals surface area contributed by atoms with Gasteiger partial charge >= 0.3 is 5.97 Å². The van der Waals surface area contributed by atoms with Crippen LogP contribution in [0.15, 0.2) is 36.4 Å². The first kappa shape index (κ1) is 19.1. The standard InChI is InChI=1S/C18H17Cl2NO4/c1-3-24-14-7-5-4-6-12(14)18(23)25-10-15(22)21-17-13(19)9-8-11(2)16(17)20/h4-9H,3,10H2,1-2H3,(H,21,22). The van der Waals surface area contributed by atoms with Crippen LogP contribution < -0.4 is 10.1 Å². The molecule has 2 rings (SSSR count). The second kappa shape index (κ2) is 8.74. The van der Waals surface area contributed by atoms with E-state index in [4.69, 9.17) is 32.7 Å². The molecule has 2 aromatic rings. The number of ether oxygens (including phenoxy) is 2. The summed E-state index contributed by atoms with van der Waals surface area (Å²) in [7, 11) is 0. The predicted molar refractivity (Wildman–Crippen MR) is 97.7 cm³/mol. The highest BCUT2D eigenvalue weighted by Gasteiger charge is 2.17. The van der Waals surface area contributed by atoms with E-state index in [9.17, 15) is 9.59 Å². The van der Waals surface area contributed by atoms with Gasteiger partial charge in [-0.2, -0.15) is 0 Å². The van der Waals surface area contributed by atoms with Gasteiger partial charge in [0.05, 0.1) is 22.3 Å².